The first-order valence-electron chi connectivity index (χ1n) is 13.8. The Hall–Kier alpha value is -2.61. The minimum absolute atomic E-state index is 0.0174. The van der Waals surface area contributed by atoms with E-state index in [2.05, 4.69) is 55.7 Å². The van der Waals surface area contributed by atoms with Crippen LogP contribution in [0.5, 0.6) is 0 Å². The van der Waals surface area contributed by atoms with Crippen LogP contribution in [-0.4, -0.2) is 29.7 Å². The SMILES string of the molecule is CC(C)(C)c1cccc(C2(NCC(O)C(Cc3cc(F)cc(F)c3)NC(=O)Cc3cccs3)CCCCC2)c1. The molecular weight excluding hydrogens is 514 g/mol. The van der Waals surface area contributed by atoms with Crippen LogP contribution < -0.4 is 10.6 Å². The normalized spacial score (nSPS) is 17.0. The second-order valence-electron chi connectivity index (χ2n) is 11.8. The molecule has 4 nitrogen and oxygen atoms in total. The van der Waals surface area contributed by atoms with Gasteiger partial charge in [-0.15, -0.1) is 11.3 Å². The van der Waals surface area contributed by atoms with E-state index in [1.165, 1.54) is 41.0 Å². The van der Waals surface area contributed by atoms with Gasteiger partial charge >= 0.3 is 0 Å². The first kappa shape index (κ1) is 29.4. The maximum Gasteiger partial charge on any atom is 0.225 e. The van der Waals surface area contributed by atoms with Crippen molar-refractivity contribution in [1.29, 1.82) is 0 Å². The van der Waals surface area contributed by atoms with Gasteiger partial charge in [-0.3, -0.25) is 4.79 Å². The van der Waals surface area contributed by atoms with Gasteiger partial charge in [0.2, 0.25) is 5.91 Å². The Morgan fingerprint density at radius 2 is 1.74 bits per heavy atom. The van der Waals surface area contributed by atoms with Crippen molar-refractivity contribution in [3.8, 4) is 0 Å². The Bertz CT molecular complexity index is 1210. The second-order valence-corrected chi connectivity index (χ2v) is 12.9. The molecule has 1 aliphatic carbocycles. The summed E-state index contributed by atoms with van der Waals surface area (Å²) >= 11 is 1.49. The number of carbonyl (C=O) groups excluding carboxylic acids is 1. The molecule has 1 fully saturated rings. The summed E-state index contributed by atoms with van der Waals surface area (Å²) in [5.74, 6) is -1.59. The number of carbonyl (C=O) groups is 1. The fourth-order valence-corrected chi connectivity index (χ4v) is 6.25. The lowest BCUT2D eigenvalue weighted by atomic mass is 9.74. The highest BCUT2D eigenvalue weighted by molar-refractivity contribution is 7.10. The second kappa shape index (κ2) is 12.7. The van der Waals surface area contributed by atoms with Crippen LogP contribution in [0.15, 0.2) is 60.0 Å². The highest BCUT2D eigenvalue weighted by Gasteiger charge is 2.35. The number of hydrogen-bond acceptors (Lipinski definition) is 4. The van der Waals surface area contributed by atoms with Crippen molar-refractivity contribution in [2.45, 2.75) is 88.8 Å². The van der Waals surface area contributed by atoms with E-state index < -0.39 is 23.8 Å². The van der Waals surface area contributed by atoms with E-state index in [9.17, 15) is 18.7 Å². The number of aliphatic hydroxyl groups is 1. The summed E-state index contributed by atoms with van der Waals surface area (Å²) in [6.07, 6.45) is 4.61. The van der Waals surface area contributed by atoms with Crippen molar-refractivity contribution in [3.63, 3.8) is 0 Å². The molecular formula is C32H40F2N2O2S. The minimum atomic E-state index is -0.965. The first-order chi connectivity index (χ1) is 18.5. The number of hydrogen-bond donors (Lipinski definition) is 3. The van der Waals surface area contributed by atoms with E-state index in [-0.39, 0.29) is 36.2 Å². The van der Waals surface area contributed by atoms with Crippen LogP contribution in [0.25, 0.3) is 0 Å². The topological polar surface area (TPSA) is 61.4 Å². The van der Waals surface area contributed by atoms with Gasteiger partial charge in [-0.25, -0.2) is 8.78 Å². The van der Waals surface area contributed by atoms with E-state index >= 15 is 0 Å². The van der Waals surface area contributed by atoms with Crippen LogP contribution in [0.4, 0.5) is 8.78 Å². The predicted molar refractivity (Wildman–Crippen MR) is 154 cm³/mol. The van der Waals surface area contributed by atoms with Gasteiger partial charge in [-0.1, -0.05) is 70.4 Å². The van der Waals surface area contributed by atoms with E-state index in [0.29, 0.717) is 5.56 Å². The molecule has 1 amide bonds. The average molecular weight is 555 g/mol. The van der Waals surface area contributed by atoms with Gasteiger partial charge in [-0.05, 0) is 64.9 Å². The molecule has 1 aromatic heterocycles. The third-order valence-electron chi connectivity index (χ3n) is 7.74. The molecule has 39 heavy (non-hydrogen) atoms. The number of nitrogens with one attached hydrogen (secondary N) is 2. The van der Waals surface area contributed by atoms with Crippen molar-refractivity contribution in [3.05, 3.63) is 93.2 Å². The Kier molecular flexibility index (Phi) is 9.57. The Morgan fingerprint density at radius 3 is 2.38 bits per heavy atom. The molecule has 1 saturated carbocycles. The molecule has 0 radical (unpaired) electrons. The lowest BCUT2D eigenvalue weighted by Gasteiger charge is -2.41. The van der Waals surface area contributed by atoms with Crippen molar-refractivity contribution >= 4 is 17.2 Å². The van der Waals surface area contributed by atoms with Gasteiger partial charge in [0.05, 0.1) is 18.6 Å². The molecule has 1 aliphatic rings. The number of benzene rings is 2. The minimum Gasteiger partial charge on any atom is -0.390 e. The van der Waals surface area contributed by atoms with E-state index in [1.54, 1.807) is 0 Å². The highest BCUT2D eigenvalue weighted by atomic mass is 32.1. The zero-order chi connectivity index (χ0) is 28.0. The first-order valence-corrected chi connectivity index (χ1v) is 14.7. The standard InChI is InChI=1S/C32H40F2N2O2S/c1-31(2,3)23-9-7-10-24(18-23)32(12-5-4-6-13-32)35-21-29(37)28(17-22-15-25(33)19-26(34)16-22)36-30(38)20-27-11-8-14-39-27/h7-11,14-16,18-19,28-29,35,37H,4-6,12-13,17,20-21H2,1-3H3,(H,36,38). The summed E-state index contributed by atoms with van der Waals surface area (Å²) in [7, 11) is 0. The van der Waals surface area contributed by atoms with Crippen molar-refractivity contribution in [2.75, 3.05) is 6.54 Å². The van der Waals surface area contributed by atoms with Gasteiger partial charge < -0.3 is 15.7 Å². The quantitative estimate of drug-likeness (QED) is 0.272. The summed E-state index contributed by atoms with van der Waals surface area (Å²) in [5, 5.41) is 19.9. The number of aliphatic hydroxyl groups excluding tert-OH is 1. The number of halogens is 2. The fraction of sp³-hybridized carbons (Fsp3) is 0.469. The molecule has 0 saturated heterocycles. The van der Waals surface area contributed by atoms with Crippen LogP contribution in [0.3, 0.4) is 0 Å². The molecule has 7 heteroatoms. The third kappa shape index (κ3) is 7.96. The van der Waals surface area contributed by atoms with E-state index in [4.69, 9.17) is 0 Å². The molecule has 3 aromatic rings. The Labute approximate surface area is 234 Å². The molecule has 0 bridgehead atoms. The Balaban J connectivity index is 1.54. The van der Waals surface area contributed by atoms with Gasteiger partial charge in [0.1, 0.15) is 11.6 Å². The molecule has 210 valence electrons. The van der Waals surface area contributed by atoms with Crippen molar-refractivity contribution in [1.82, 2.24) is 10.6 Å². The summed E-state index contributed by atoms with van der Waals surface area (Å²) in [6, 6.07) is 15.1. The number of amides is 1. The van der Waals surface area contributed by atoms with Crippen LogP contribution in [0.1, 0.15) is 74.4 Å². The van der Waals surface area contributed by atoms with Crippen molar-refractivity contribution in [2.24, 2.45) is 0 Å². The van der Waals surface area contributed by atoms with Gasteiger partial charge in [0.15, 0.2) is 0 Å². The largest absolute Gasteiger partial charge is 0.390 e. The molecule has 1 heterocycles. The lowest BCUT2D eigenvalue weighted by Crippen LogP contribution is -2.53. The molecule has 2 aromatic carbocycles. The van der Waals surface area contributed by atoms with Crippen LogP contribution in [-0.2, 0) is 28.6 Å². The summed E-state index contributed by atoms with van der Waals surface area (Å²) in [6.45, 7) is 6.85. The maximum absolute atomic E-state index is 13.9. The molecule has 3 N–H and O–H groups in total. The zero-order valence-electron chi connectivity index (χ0n) is 23.1. The van der Waals surface area contributed by atoms with E-state index in [0.717, 1.165) is 36.6 Å². The van der Waals surface area contributed by atoms with Crippen LogP contribution in [0, 0.1) is 11.6 Å². The molecule has 0 aliphatic heterocycles. The third-order valence-corrected chi connectivity index (χ3v) is 8.62. The summed E-state index contributed by atoms with van der Waals surface area (Å²) < 4.78 is 27.9. The fourth-order valence-electron chi connectivity index (χ4n) is 5.54. The van der Waals surface area contributed by atoms with Crippen LogP contribution in [0.2, 0.25) is 0 Å². The van der Waals surface area contributed by atoms with Gasteiger partial charge in [-0.2, -0.15) is 0 Å². The van der Waals surface area contributed by atoms with E-state index in [1.807, 2.05) is 17.5 Å². The van der Waals surface area contributed by atoms with Crippen molar-refractivity contribution < 1.29 is 18.7 Å². The predicted octanol–water partition coefficient (Wildman–Crippen LogP) is 6.40. The highest BCUT2D eigenvalue weighted by Crippen LogP contribution is 2.38. The van der Waals surface area contributed by atoms with Crippen LogP contribution >= 0.6 is 11.3 Å². The lowest BCUT2D eigenvalue weighted by molar-refractivity contribution is -0.122. The summed E-state index contributed by atoms with van der Waals surface area (Å²) in [4.78, 5) is 13.8. The number of thiophene rings is 1. The molecule has 2 atom stereocenters. The smallest absolute Gasteiger partial charge is 0.225 e. The maximum atomic E-state index is 13.9. The Morgan fingerprint density at radius 1 is 1.03 bits per heavy atom. The zero-order valence-corrected chi connectivity index (χ0v) is 23.9. The van der Waals surface area contributed by atoms with Gasteiger partial charge in [0, 0.05) is 23.0 Å². The average Bonchev–Trinajstić information content (AvgIpc) is 3.39. The van der Waals surface area contributed by atoms with Gasteiger partial charge in [0.25, 0.3) is 0 Å². The molecule has 0 spiro atoms. The molecule has 2 unspecified atom stereocenters. The molecule has 4 rings (SSSR count). The monoisotopic (exact) mass is 554 g/mol. The summed E-state index contributed by atoms with van der Waals surface area (Å²) in [5.41, 5.74) is 2.60. The number of rotatable bonds is 10.